The van der Waals surface area contributed by atoms with Gasteiger partial charge < -0.3 is 19.8 Å². The van der Waals surface area contributed by atoms with Gasteiger partial charge in [-0.2, -0.15) is 18.3 Å². The molecule has 3 atom stereocenters. The predicted octanol–water partition coefficient (Wildman–Crippen LogP) is 5.65. The summed E-state index contributed by atoms with van der Waals surface area (Å²) in [5, 5.41) is 24.0. The number of aryl methyl sites for hydroxylation is 1. The van der Waals surface area contributed by atoms with E-state index < -0.39 is 35.0 Å². The second kappa shape index (κ2) is 10.5. The lowest BCUT2D eigenvalue weighted by atomic mass is 9.95. The first-order valence-corrected chi connectivity index (χ1v) is 14.9. The van der Waals surface area contributed by atoms with Crippen molar-refractivity contribution in [3.05, 3.63) is 87.7 Å². The van der Waals surface area contributed by atoms with Crippen LogP contribution in [0.1, 0.15) is 59.0 Å². The van der Waals surface area contributed by atoms with Gasteiger partial charge in [-0.25, -0.2) is 14.4 Å². The lowest BCUT2D eigenvalue weighted by Gasteiger charge is -2.21. The molecule has 0 bridgehead atoms. The smallest absolute Gasteiger partial charge is 0.417 e. The van der Waals surface area contributed by atoms with Crippen molar-refractivity contribution < 1.29 is 37.3 Å². The van der Waals surface area contributed by atoms with E-state index in [-0.39, 0.29) is 41.0 Å². The molecule has 1 saturated carbocycles. The molecule has 1 aromatic carbocycles. The normalized spacial score (nSPS) is 20.0. The molecule has 0 spiro atoms. The van der Waals surface area contributed by atoms with Crippen molar-refractivity contribution >= 4 is 11.8 Å². The quantitative estimate of drug-likeness (QED) is 0.239. The van der Waals surface area contributed by atoms with Crippen LogP contribution in [-0.2, 0) is 43.6 Å². The SMILES string of the molecule is Cc1nc(N2Cc3cn(CC(C)(C)O)nc3C2)ccc1-c1cc(COc2cc3c(cn2)C2[C@@H](C3)[C@@H]2C(=O)O)c(F)cc1C(F)(F)F. The molecule has 3 aromatic heterocycles. The van der Waals surface area contributed by atoms with Crippen LogP contribution in [0.15, 0.2) is 42.7 Å². The maximum Gasteiger partial charge on any atom is 0.417 e. The first-order valence-electron chi connectivity index (χ1n) is 14.9. The molecule has 7 rings (SSSR count). The lowest BCUT2D eigenvalue weighted by Crippen LogP contribution is -2.27. The van der Waals surface area contributed by atoms with Gasteiger partial charge in [0.15, 0.2) is 0 Å². The molecule has 2 N–H and O–H groups in total. The number of alkyl halides is 3. The number of hydrogen-bond donors (Lipinski definition) is 2. The highest BCUT2D eigenvalue weighted by Crippen LogP contribution is 2.61. The minimum absolute atomic E-state index is 0.0357. The van der Waals surface area contributed by atoms with Gasteiger partial charge in [0.05, 0.1) is 35.9 Å². The highest BCUT2D eigenvalue weighted by Gasteiger charge is 2.60. The van der Waals surface area contributed by atoms with Gasteiger partial charge in [-0.05, 0) is 74.1 Å². The minimum Gasteiger partial charge on any atom is -0.481 e. The second-order valence-electron chi connectivity index (χ2n) is 13.0. The van der Waals surface area contributed by atoms with Crippen LogP contribution in [0.25, 0.3) is 11.1 Å². The Balaban J connectivity index is 1.11. The van der Waals surface area contributed by atoms with E-state index in [1.807, 2.05) is 11.1 Å². The van der Waals surface area contributed by atoms with E-state index in [9.17, 15) is 28.2 Å². The van der Waals surface area contributed by atoms with Gasteiger partial charge in [0, 0.05) is 53.3 Å². The molecule has 240 valence electrons. The second-order valence-corrected chi connectivity index (χ2v) is 13.0. The van der Waals surface area contributed by atoms with Crippen molar-refractivity contribution in [3.8, 4) is 17.0 Å². The van der Waals surface area contributed by atoms with E-state index >= 15 is 4.39 Å². The van der Waals surface area contributed by atoms with Crippen molar-refractivity contribution in [1.29, 1.82) is 0 Å². The number of carboxylic acid groups (broad SMARTS) is 1. The topological polar surface area (TPSA) is 114 Å². The molecular formula is C33H31F4N5O4. The first kappa shape index (κ1) is 30.2. The van der Waals surface area contributed by atoms with Gasteiger partial charge in [0.1, 0.15) is 18.2 Å². The summed E-state index contributed by atoms with van der Waals surface area (Å²) in [5.74, 6) is -1.54. The molecule has 0 amide bonds. The van der Waals surface area contributed by atoms with Crippen LogP contribution in [0.5, 0.6) is 5.88 Å². The van der Waals surface area contributed by atoms with Crippen molar-refractivity contribution in [2.45, 2.75) is 71.1 Å². The maximum atomic E-state index is 15.1. The third-order valence-electron chi connectivity index (χ3n) is 9.00. The number of carbonyl (C=O) groups is 1. The molecule has 4 heterocycles. The summed E-state index contributed by atoms with van der Waals surface area (Å²) in [4.78, 5) is 22.2. The largest absolute Gasteiger partial charge is 0.481 e. The summed E-state index contributed by atoms with van der Waals surface area (Å²) in [5.41, 5.74) is 1.86. The first-order chi connectivity index (χ1) is 21.7. The van der Waals surface area contributed by atoms with Gasteiger partial charge in [-0.15, -0.1) is 0 Å². The number of aromatic nitrogens is 4. The standard InChI is InChI=1S/C33H31F4N5O4/c1-16-20(4-5-27(39-16)41-11-19-12-42(15-32(2,3)45)40-26(19)13-41)21-7-18(25(34)9-24(21)33(35,36)37)14-46-28-8-17-6-22-29(23(17)10-38-28)30(22)31(43)44/h4-5,7-10,12,22,29-30,45H,6,11,13-15H2,1-3H3,(H,43,44)/t22-,29?,30+/m1/s1. The van der Waals surface area contributed by atoms with Crippen LogP contribution >= 0.6 is 0 Å². The van der Waals surface area contributed by atoms with Crippen molar-refractivity contribution in [1.82, 2.24) is 19.7 Å². The van der Waals surface area contributed by atoms with E-state index in [1.165, 1.54) is 0 Å². The number of benzene rings is 1. The molecular weight excluding hydrogens is 606 g/mol. The summed E-state index contributed by atoms with van der Waals surface area (Å²) in [6.45, 7) is 5.99. The molecule has 0 saturated heterocycles. The highest BCUT2D eigenvalue weighted by molar-refractivity contribution is 5.78. The molecule has 9 nitrogen and oxygen atoms in total. The zero-order chi connectivity index (χ0) is 32.7. The molecule has 46 heavy (non-hydrogen) atoms. The van der Waals surface area contributed by atoms with Gasteiger partial charge in [-0.3, -0.25) is 9.48 Å². The Hall–Kier alpha value is -4.52. The van der Waals surface area contributed by atoms with Gasteiger partial charge >= 0.3 is 12.1 Å². The monoisotopic (exact) mass is 637 g/mol. The fourth-order valence-electron chi connectivity index (χ4n) is 6.88. The molecule has 1 fully saturated rings. The highest BCUT2D eigenvalue weighted by atomic mass is 19.4. The number of aliphatic carboxylic acids is 1. The number of aliphatic hydroxyl groups is 1. The Morgan fingerprint density at radius 2 is 1.89 bits per heavy atom. The fraction of sp³-hybridized carbons (Fsp3) is 0.394. The number of carboxylic acids is 1. The number of halogens is 4. The Morgan fingerprint density at radius 1 is 1.11 bits per heavy atom. The molecule has 13 heteroatoms. The average Bonchev–Trinajstić information content (AvgIpc) is 3.18. The molecule has 3 aliphatic rings. The Labute approximate surface area is 261 Å². The third-order valence-corrected chi connectivity index (χ3v) is 9.00. The number of fused-ring (bicyclic) bond motifs is 4. The summed E-state index contributed by atoms with van der Waals surface area (Å²) >= 11 is 0. The number of anilines is 1. The van der Waals surface area contributed by atoms with Crippen molar-refractivity contribution in [3.63, 3.8) is 0 Å². The molecule has 1 unspecified atom stereocenters. The van der Waals surface area contributed by atoms with Crippen LogP contribution in [0, 0.1) is 24.6 Å². The zero-order valence-corrected chi connectivity index (χ0v) is 25.3. The van der Waals surface area contributed by atoms with E-state index in [4.69, 9.17) is 4.74 Å². The predicted molar refractivity (Wildman–Crippen MR) is 157 cm³/mol. The number of nitrogens with zero attached hydrogens (tertiary/aromatic N) is 5. The van der Waals surface area contributed by atoms with Crippen molar-refractivity contribution in [2.75, 3.05) is 4.90 Å². The number of ether oxygens (including phenoxy) is 1. The average molecular weight is 638 g/mol. The summed E-state index contributed by atoms with van der Waals surface area (Å²) < 4.78 is 64.9. The van der Waals surface area contributed by atoms with Gasteiger partial charge in [0.25, 0.3) is 0 Å². The van der Waals surface area contributed by atoms with Crippen LogP contribution in [0.4, 0.5) is 23.4 Å². The Bertz CT molecular complexity index is 1860. The Morgan fingerprint density at radius 3 is 2.57 bits per heavy atom. The number of hydrogen-bond acceptors (Lipinski definition) is 7. The zero-order valence-electron chi connectivity index (χ0n) is 25.3. The summed E-state index contributed by atoms with van der Waals surface area (Å²) in [6, 6.07) is 6.54. The summed E-state index contributed by atoms with van der Waals surface area (Å²) in [6.07, 6.45) is -0.781. The Kier molecular flexibility index (Phi) is 6.89. The lowest BCUT2D eigenvalue weighted by molar-refractivity contribution is -0.139. The van der Waals surface area contributed by atoms with Gasteiger partial charge in [0.2, 0.25) is 5.88 Å². The minimum atomic E-state index is -4.82. The van der Waals surface area contributed by atoms with E-state index in [0.717, 1.165) is 28.5 Å². The number of pyridine rings is 2. The summed E-state index contributed by atoms with van der Waals surface area (Å²) in [7, 11) is 0. The van der Waals surface area contributed by atoms with Crippen LogP contribution < -0.4 is 9.64 Å². The van der Waals surface area contributed by atoms with Crippen LogP contribution in [0.2, 0.25) is 0 Å². The van der Waals surface area contributed by atoms with E-state index in [0.29, 0.717) is 43.6 Å². The third kappa shape index (κ3) is 5.46. The van der Waals surface area contributed by atoms with Crippen LogP contribution in [-0.4, -0.2) is 41.5 Å². The number of rotatable bonds is 8. The molecule has 4 aromatic rings. The van der Waals surface area contributed by atoms with Crippen LogP contribution in [0.3, 0.4) is 0 Å². The van der Waals surface area contributed by atoms with E-state index in [1.54, 1.807) is 49.8 Å². The maximum absolute atomic E-state index is 15.1. The molecule has 1 aliphatic heterocycles. The molecule has 0 radical (unpaired) electrons. The van der Waals surface area contributed by atoms with Gasteiger partial charge in [-0.1, -0.05) is 0 Å². The van der Waals surface area contributed by atoms with E-state index in [2.05, 4.69) is 15.1 Å². The fourth-order valence-corrected chi connectivity index (χ4v) is 6.88. The van der Waals surface area contributed by atoms with Crippen molar-refractivity contribution in [2.24, 2.45) is 11.8 Å². The molecule has 2 aliphatic carbocycles.